The molecular weight excluding hydrogens is 1650 g/mol. The fraction of sp³-hybridized carbons (Fsp3) is 0.699. The molecule has 4 aliphatic heterocycles. The fourth-order valence-electron chi connectivity index (χ4n) is 15.0. The molecule has 0 unspecified atom stereocenters. The lowest BCUT2D eigenvalue weighted by Gasteiger charge is -2.27. The van der Waals surface area contributed by atoms with Crippen LogP contribution >= 0.6 is 7.82 Å². The van der Waals surface area contributed by atoms with Crippen molar-refractivity contribution in [1.29, 1.82) is 0 Å². The summed E-state index contributed by atoms with van der Waals surface area (Å²) in [6.45, 7) is 44.8. The number of aliphatic hydroxyl groups is 8. The molecule has 0 aliphatic carbocycles. The van der Waals surface area contributed by atoms with Crippen LogP contribution in [0.3, 0.4) is 0 Å². The number of aliphatic hydroxyl groups excluding tert-OH is 8. The van der Waals surface area contributed by atoms with E-state index in [1.807, 2.05) is 32.2 Å². The van der Waals surface area contributed by atoms with E-state index in [4.69, 9.17) is 24.2 Å². The van der Waals surface area contributed by atoms with E-state index in [-0.39, 0.29) is 66.4 Å². The maximum atomic E-state index is 12.2. The number of phosphoric ester groups is 1. The minimum atomic E-state index is -4.54. The monoisotopic (exact) mass is 1790 g/mol. The Labute approximate surface area is 732 Å². The number of benzene rings is 3. The van der Waals surface area contributed by atoms with Gasteiger partial charge >= 0.3 is 19.8 Å². The second kappa shape index (κ2) is 56.1. The average molecular weight is 1790 g/mol. The lowest BCUT2D eigenvalue weighted by Crippen LogP contribution is -2.41. The maximum Gasteiger partial charge on any atom is 0.469 e. The Hall–Kier alpha value is -6.43. The molecule has 1 amide bonds. The number of carboxylic acids is 1. The molecule has 124 heavy (non-hydrogen) atoms. The first kappa shape index (κ1) is 106. The highest BCUT2D eigenvalue weighted by Gasteiger charge is 2.26. The minimum absolute atomic E-state index is 0.00854. The molecule has 0 spiro atoms. The molecule has 8 atom stereocenters. The molecular formula is C83H144N19O20PS. The van der Waals surface area contributed by atoms with E-state index >= 15 is 0 Å². The molecule has 41 heteroatoms. The van der Waals surface area contributed by atoms with Gasteiger partial charge in [-0.25, -0.2) is 18.7 Å². The van der Waals surface area contributed by atoms with E-state index in [1.54, 1.807) is 108 Å². The van der Waals surface area contributed by atoms with Crippen LogP contribution in [0.2, 0.25) is 0 Å². The first-order chi connectivity index (χ1) is 58.8. The molecule has 39 nitrogen and oxygen atoms in total. The fourth-order valence-corrected chi connectivity index (χ4v) is 15.8. The highest BCUT2D eigenvalue weighted by Crippen LogP contribution is 2.35. The molecule has 4 aliphatic rings. The summed E-state index contributed by atoms with van der Waals surface area (Å²) in [6, 6.07) is 20.3. The van der Waals surface area contributed by atoms with Crippen LogP contribution < -0.4 is 5.32 Å². The molecule has 4 fully saturated rings. The van der Waals surface area contributed by atoms with Crippen molar-refractivity contribution in [2.45, 2.75) is 155 Å². The lowest BCUT2D eigenvalue weighted by atomic mass is 10.1. The highest BCUT2D eigenvalue weighted by molar-refractivity contribution is 7.85. The second-order valence-corrected chi connectivity index (χ2v) is 36.0. The zero-order chi connectivity index (χ0) is 90.9. The molecule has 702 valence electrons. The number of esters is 1. The van der Waals surface area contributed by atoms with E-state index in [2.05, 4.69) is 89.3 Å². The summed E-state index contributed by atoms with van der Waals surface area (Å²) in [4.78, 5) is 79.4. The van der Waals surface area contributed by atoms with Gasteiger partial charge in [0.25, 0.3) is 16.0 Å². The zero-order valence-electron chi connectivity index (χ0n) is 74.2. The van der Waals surface area contributed by atoms with Crippen LogP contribution in [0, 0.1) is 0 Å². The number of ether oxygens (including phenoxy) is 1. The predicted molar refractivity (Wildman–Crippen MR) is 468 cm³/mol. The Morgan fingerprint density at radius 2 is 0.669 bits per heavy atom. The van der Waals surface area contributed by atoms with Gasteiger partial charge in [0.05, 0.1) is 103 Å². The zero-order valence-corrected chi connectivity index (χ0v) is 75.9. The molecule has 13 N–H and O–H groups in total. The van der Waals surface area contributed by atoms with Gasteiger partial charge in [-0.15, -0.1) is 10.2 Å². The number of nitrogens with zero attached hydrogens (tertiary/aromatic N) is 18. The Bertz CT molecular complexity index is 3880. The van der Waals surface area contributed by atoms with Crippen LogP contribution in [-0.2, 0) is 68.0 Å². The van der Waals surface area contributed by atoms with E-state index in [0.29, 0.717) is 97.3 Å². The number of nitrogens with one attached hydrogen (secondary N) is 1. The van der Waals surface area contributed by atoms with E-state index in [0.717, 1.165) is 185 Å². The number of β-amino-alcohol motifs (C(OH)–C–C–N with tert-alkyl or cyclic N) is 8. The van der Waals surface area contributed by atoms with E-state index in [9.17, 15) is 68.2 Å². The molecule has 4 saturated heterocycles. The van der Waals surface area contributed by atoms with Crippen LogP contribution in [0.15, 0.2) is 90.1 Å². The Balaban J connectivity index is 0.000000256. The van der Waals surface area contributed by atoms with Gasteiger partial charge in [0.1, 0.15) is 6.54 Å². The van der Waals surface area contributed by atoms with Gasteiger partial charge in [-0.3, -0.25) is 77.5 Å². The summed E-state index contributed by atoms with van der Waals surface area (Å²) in [5.41, 5.74) is 5.39. The molecule has 3 aromatic carbocycles. The second-order valence-electron chi connectivity index (χ2n) is 33.3. The van der Waals surface area contributed by atoms with Crippen LogP contribution in [-0.4, -0.2) is 453 Å². The standard InChI is InChI=1S/C23H36N6O4.C22H39N4O7P.C19H36N6O4.C19H33N3O5S/c1-18(30)13-26-7-8-27(14-19(2)31)10-12-28(11-9-26)16-22-17-29(25-24-22)15-20-3-5-21(6-4-20)23(32)33;1-18(27)15-24-8-9-25(16-19(2)28)11-13-26(12-10-24)17-20-3-5-21(6-4-20)22(29)23-7-14-33-34(30,31)32;1-4-29-19(28)15-25-14-18(20-21-25)13-24-9-7-22(11-16(2)26)5-6-23(8-10-24)12-17(3)27;1-16(23)13-20-7-8-21(14-17(2)24)10-12-22(11-9-20)15-18-3-5-19(6-4-18)28(25,26)27/h3-6,17-19,30-31H,7-16H2,1-2H3,(H,32,33);3-6,18-19,27-28H,7-17H2,1-2H3,(H,23,29)(H2,30,31,32);14,16-17,26-27H,4-13,15H2,1-3H3;3-6,16-17,23-24H,7-15H2,1-2H3,(H,25,26,27)/t2*18-,19-;2*16-,17-/m0000/s1. The third-order valence-electron chi connectivity index (χ3n) is 21.0. The highest BCUT2D eigenvalue weighted by atomic mass is 32.2. The van der Waals surface area contributed by atoms with Crippen LogP contribution in [0.25, 0.3) is 0 Å². The Morgan fingerprint density at radius 3 is 0.952 bits per heavy atom. The van der Waals surface area contributed by atoms with Crippen molar-refractivity contribution in [2.75, 3.05) is 229 Å². The van der Waals surface area contributed by atoms with Crippen molar-refractivity contribution in [2.24, 2.45) is 0 Å². The molecule has 9 rings (SSSR count). The normalized spacial score (nSPS) is 19.6. The van der Waals surface area contributed by atoms with Crippen molar-refractivity contribution >= 4 is 35.8 Å². The Kier molecular flexibility index (Phi) is 48.1. The third-order valence-corrected chi connectivity index (χ3v) is 22.3. The first-order valence-electron chi connectivity index (χ1n) is 43.3. The number of hydrogen-bond acceptors (Lipinski definition) is 32. The smallest absolute Gasteiger partial charge is 0.469 e. The summed E-state index contributed by atoms with van der Waals surface area (Å²) in [5, 5.41) is 107. The van der Waals surface area contributed by atoms with Crippen molar-refractivity contribution in [3.8, 4) is 0 Å². The number of rotatable bonds is 36. The molecule has 2 aromatic heterocycles. The van der Waals surface area contributed by atoms with Gasteiger partial charge in [-0.05, 0) is 115 Å². The maximum absolute atomic E-state index is 12.2. The van der Waals surface area contributed by atoms with Gasteiger partial charge in [-0.1, -0.05) is 46.8 Å². The number of hydrogen-bond donors (Lipinski definition) is 13. The summed E-state index contributed by atoms with van der Waals surface area (Å²) in [7, 11) is -8.72. The average Bonchev–Trinajstić information content (AvgIpc) is 1.70. The van der Waals surface area contributed by atoms with Crippen molar-refractivity contribution in [3.63, 3.8) is 0 Å². The summed E-state index contributed by atoms with van der Waals surface area (Å²) in [5.74, 6) is -1.60. The van der Waals surface area contributed by atoms with Gasteiger partial charge in [0, 0.05) is 248 Å². The van der Waals surface area contributed by atoms with Gasteiger partial charge in [-0.2, -0.15) is 8.42 Å². The largest absolute Gasteiger partial charge is 0.478 e. The van der Waals surface area contributed by atoms with E-state index in [1.165, 1.54) is 16.8 Å². The minimum Gasteiger partial charge on any atom is -0.478 e. The number of aromatic carboxylic acids is 1. The Morgan fingerprint density at radius 1 is 0.403 bits per heavy atom. The molecule has 5 aromatic rings. The van der Waals surface area contributed by atoms with E-state index < -0.39 is 48.3 Å². The predicted octanol–water partition coefficient (Wildman–Crippen LogP) is -0.950. The van der Waals surface area contributed by atoms with Gasteiger partial charge in [0.2, 0.25) is 0 Å². The quantitative estimate of drug-likeness (QED) is 0.00995. The van der Waals surface area contributed by atoms with Crippen LogP contribution in [0.4, 0.5) is 0 Å². The number of aromatic nitrogens is 6. The summed E-state index contributed by atoms with van der Waals surface area (Å²) in [6.07, 6.45) is 0.601. The number of carbonyl (C=O) groups is 3. The third kappa shape index (κ3) is 45.5. The topological polar surface area (TPSA) is 476 Å². The van der Waals surface area contributed by atoms with Crippen molar-refractivity contribution < 1.29 is 96.9 Å². The summed E-state index contributed by atoms with van der Waals surface area (Å²) < 4.78 is 54.7. The van der Waals surface area contributed by atoms with Crippen molar-refractivity contribution in [3.05, 3.63) is 124 Å². The summed E-state index contributed by atoms with van der Waals surface area (Å²) >= 11 is 0. The number of carbonyl (C=O) groups excluding carboxylic acids is 2. The number of carboxylic acid groups (broad SMARTS) is 1. The molecule has 6 heterocycles. The molecule has 0 saturated carbocycles. The molecule has 0 radical (unpaired) electrons. The van der Waals surface area contributed by atoms with Crippen LogP contribution in [0.5, 0.6) is 0 Å². The van der Waals surface area contributed by atoms with Crippen molar-refractivity contribution in [1.82, 2.24) is 94.1 Å². The number of phosphoric acid groups is 1. The lowest BCUT2D eigenvalue weighted by molar-refractivity contribution is -0.144. The van der Waals surface area contributed by atoms with Crippen LogP contribution in [0.1, 0.15) is 111 Å². The first-order valence-corrected chi connectivity index (χ1v) is 46.3. The van der Waals surface area contributed by atoms with Gasteiger partial charge < -0.3 is 65.8 Å². The van der Waals surface area contributed by atoms with Gasteiger partial charge in [0.15, 0.2) is 0 Å². The number of amides is 1. The SMILES string of the molecule is CCOC(=O)Cn1cc(CN2CCN(C[C@H](C)O)CCN(C[C@H](C)O)CC2)nn1.C[C@H](O)CN1CCN(Cc2ccc(C(=O)NCCOP(=O)(O)O)cc2)CCN(C[C@H](C)O)CC1.C[C@H](O)CN1CCN(Cc2ccc(S(=O)(=O)O)cc2)CCN(C[C@H](C)O)CC1.C[C@H](O)CN1CCN(Cc2cn(Cc3ccc(C(=O)O)cc3)nn2)CCN(C[C@H](C)O)CC1. The molecule has 0 bridgehead atoms.